The van der Waals surface area contributed by atoms with Gasteiger partial charge in [-0.05, 0) is 31.4 Å². The fourth-order valence-corrected chi connectivity index (χ4v) is 3.76. The smallest absolute Gasteiger partial charge is 0.194 e. The molecule has 0 aromatic heterocycles. The Morgan fingerprint density at radius 2 is 1.34 bits per heavy atom. The van der Waals surface area contributed by atoms with Crippen LogP contribution >= 0.6 is 0 Å². The zero-order valence-corrected chi connectivity index (χ0v) is 17.0. The van der Waals surface area contributed by atoms with Gasteiger partial charge in [-0.3, -0.25) is 0 Å². The molecule has 0 unspecified atom stereocenters. The number of hydrogen-bond donors (Lipinski definition) is 0. The lowest BCUT2D eigenvalue weighted by Crippen LogP contribution is -2.33. The average Bonchev–Trinajstić information content (AvgIpc) is 2.74. The first-order valence-corrected chi connectivity index (χ1v) is 10.7. The molecule has 0 saturated carbocycles. The van der Waals surface area contributed by atoms with Crippen molar-refractivity contribution in [3.05, 3.63) is 35.1 Å². The van der Waals surface area contributed by atoms with E-state index in [-0.39, 0.29) is 17.8 Å². The van der Waals surface area contributed by atoms with Crippen LogP contribution in [0.2, 0.25) is 0 Å². The third-order valence-electron chi connectivity index (χ3n) is 5.56. The quantitative estimate of drug-likeness (QED) is 0.393. The Bertz CT molecular complexity index is 603. The summed E-state index contributed by atoms with van der Waals surface area (Å²) in [5, 5.41) is 0. The molecule has 0 aliphatic carbocycles. The summed E-state index contributed by atoms with van der Waals surface area (Å²) >= 11 is 0. The van der Waals surface area contributed by atoms with E-state index in [1.807, 2.05) is 0 Å². The maximum Gasteiger partial charge on any atom is 0.194 e. The van der Waals surface area contributed by atoms with Gasteiger partial charge in [0.15, 0.2) is 30.0 Å². The molecule has 0 amide bonds. The highest BCUT2D eigenvalue weighted by atomic mass is 19.2. The van der Waals surface area contributed by atoms with Crippen molar-refractivity contribution < 1.29 is 32.1 Å². The summed E-state index contributed by atoms with van der Waals surface area (Å²) in [5.41, 5.74) is 0.142. The molecule has 0 bridgehead atoms. The molecule has 1 aromatic rings. The van der Waals surface area contributed by atoms with Crippen molar-refractivity contribution in [2.75, 3.05) is 26.4 Å². The van der Waals surface area contributed by atoms with E-state index in [1.54, 1.807) is 0 Å². The number of benzene rings is 1. The molecule has 4 nitrogen and oxygen atoms in total. The highest BCUT2D eigenvalue weighted by Crippen LogP contribution is 2.30. The third kappa shape index (κ3) is 6.67. The minimum absolute atomic E-state index is 0.142. The highest BCUT2D eigenvalue weighted by Gasteiger charge is 2.28. The van der Waals surface area contributed by atoms with Gasteiger partial charge >= 0.3 is 0 Å². The first kappa shape index (κ1) is 22.5. The topological polar surface area (TPSA) is 36.9 Å². The van der Waals surface area contributed by atoms with Gasteiger partial charge in [-0.15, -0.1) is 0 Å². The zero-order chi connectivity index (χ0) is 20.6. The molecule has 2 fully saturated rings. The molecule has 0 N–H and O–H groups in total. The van der Waals surface area contributed by atoms with Crippen LogP contribution in [0.3, 0.4) is 0 Å². The van der Waals surface area contributed by atoms with Gasteiger partial charge < -0.3 is 18.9 Å². The standard InChI is InChI=1S/C22H31F3O4/c1-2-3-4-5-6-15-11-26-20(27-12-15)8-7-16-13-28-22(29-14-16)17-9-18(23)21(25)19(24)10-17/h9-10,15-16,20,22H,2-8,11-14H2,1H3/t15-,16-,20-,22-. The minimum Gasteiger partial charge on any atom is -0.352 e. The van der Waals surface area contributed by atoms with Gasteiger partial charge in [-0.2, -0.15) is 0 Å². The van der Waals surface area contributed by atoms with Gasteiger partial charge in [0.1, 0.15) is 0 Å². The molecule has 0 radical (unpaired) electrons. The summed E-state index contributed by atoms with van der Waals surface area (Å²) < 4.78 is 62.7. The van der Waals surface area contributed by atoms with E-state index in [9.17, 15) is 13.2 Å². The average molecular weight is 416 g/mol. The fraction of sp³-hybridized carbons (Fsp3) is 0.727. The second kappa shape index (κ2) is 11.3. The van der Waals surface area contributed by atoms with Crippen molar-refractivity contribution in [1.29, 1.82) is 0 Å². The molecular formula is C22H31F3O4. The molecule has 0 atom stereocenters. The Morgan fingerprint density at radius 1 is 0.759 bits per heavy atom. The molecule has 164 valence electrons. The number of unbranched alkanes of at least 4 members (excludes halogenated alkanes) is 3. The van der Waals surface area contributed by atoms with Crippen molar-refractivity contribution in [2.45, 2.75) is 64.4 Å². The van der Waals surface area contributed by atoms with Crippen molar-refractivity contribution in [1.82, 2.24) is 0 Å². The summed E-state index contributed by atoms with van der Waals surface area (Å²) in [6.45, 7) is 4.51. The van der Waals surface area contributed by atoms with Crippen LogP contribution in [0.1, 0.15) is 63.7 Å². The van der Waals surface area contributed by atoms with Gasteiger partial charge in [0.05, 0.1) is 26.4 Å². The van der Waals surface area contributed by atoms with E-state index in [4.69, 9.17) is 18.9 Å². The van der Waals surface area contributed by atoms with Gasteiger partial charge in [-0.1, -0.05) is 32.6 Å². The number of rotatable bonds is 9. The SMILES string of the molecule is CCCCCC[C@H]1CO[C@H](CC[C@H]2CO[C@H](c3cc(F)c(F)c(F)c3)OC2)OC1. The summed E-state index contributed by atoms with van der Waals surface area (Å²) in [6.07, 6.45) is 6.68. The van der Waals surface area contributed by atoms with Crippen LogP contribution < -0.4 is 0 Å². The Balaban J connectivity index is 1.33. The fourth-order valence-electron chi connectivity index (χ4n) is 3.76. The van der Waals surface area contributed by atoms with Crippen molar-refractivity contribution in [3.8, 4) is 0 Å². The largest absolute Gasteiger partial charge is 0.352 e. The number of halogens is 3. The molecular weight excluding hydrogens is 385 g/mol. The van der Waals surface area contributed by atoms with Gasteiger partial charge in [0.2, 0.25) is 0 Å². The Kier molecular flexibility index (Phi) is 8.78. The number of hydrogen-bond acceptors (Lipinski definition) is 4. The van der Waals surface area contributed by atoms with E-state index < -0.39 is 23.7 Å². The molecule has 2 saturated heterocycles. The molecule has 3 rings (SSSR count). The van der Waals surface area contributed by atoms with Crippen LogP contribution in [0.4, 0.5) is 13.2 Å². The lowest BCUT2D eigenvalue weighted by molar-refractivity contribution is -0.220. The van der Waals surface area contributed by atoms with Crippen LogP contribution in [-0.2, 0) is 18.9 Å². The Labute approximate surface area is 170 Å². The van der Waals surface area contributed by atoms with Gasteiger partial charge in [0.25, 0.3) is 0 Å². The molecule has 2 aliphatic heterocycles. The summed E-state index contributed by atoms with van der Waals surface area (Å²) in [7, 11) is 0. The molecule has 7 heteroatoms. The molecule has 29 heavy (non-hydrogen) atoms. The monoisotopic (exact) mass is 416 g/mol. The van der Waals surface area contributed by atoms with Crippen molar-refractivity contribution >= 4 is 0 Å². The van der Waals surface area contributed by atoms with Gasteiger partial charge in [-0.25, -0.2) is 13.2 Å². The molecule has 1 aromatic carbocycles. The van der Waals surface area contributed by atoms with E-state index in [0.29, 0.717) is 19.1 Å². The molecule has 0 spiro atoms. The summed E-state index contributed by atoms with van der Waals surface area (Å²) in [4.78, 5) is 0. The van der Waals surface area contributed by atoms with Crippen LogP contribution in [0.25, 0.3) is 0 Å². The van der Waals surface area contributed by atoms with Crippen molar-refractivity contribution in [2.24, 2.45) is 11.8 Å². The predicted octanol–water partition coefficient (Wildman–Crippen LogP) is 5.51. The molecule has 2 heterocycles. The first-order chi connectivity index (χ1) is 14.1. The predicted molar refractivity (Wildman–Crippen MR) is 102 cm³/mol. The molecule has 2 aliphatic rings. The maximum atomic E-state index is 13.4. The van der Waals surface area contributed by atoms with E-state index in [1.165, 1.54) is 25.7 Å². The lowest BCUT2D eigenvalue weighted by Gasteiger charge is -2.32. The second-order valence-corrected chi connectivity index (χ2v) is 8.05. The summed E-state index contributed by atoms with van der Waals surface area (Å²) in [5.74, 6) is -3.34. The minimum atomic E-state index is -1.49. The van der Waals surface area contributed by atoms with Gasteiger partial charge in [0, 0.05) is 17.4 Å². The maximum absolute atomic E-state index is 13.4. The second-order valence-electron chi connectivity index (χ2n) is 8.05. The highest BCUT2D eigenvalue weighted by molar-refractivity contribution is 5.20. The summed E-state index contributed by atoms with van der Waals surface area (Å²) in [6, 6.07) is 1.82. The van der Waals surface area contributed by atoms with E-state index in [0.717, 1.165) is 44.6 Å². The Hall–Kier alpha value is -1.15. The van der Waals surface area contributed by atoms with Crippen molar-refractivity contribution in [3.63, 3.8) is 0 Å². The zero-order valence-electron chi connectivity index (χ0n) is 17.0. The van der Waals surface area contributed by atoms with Crippen LogP contribution in [0, 0.1) is 29.3 Å². The normalized spacial score (nSPS) is 27.9. The van der Waals surface area contributed by atoms with Crippen LogP contribution in [0.15, 0.2) is 12.1 Å². The van der Waals surface area contributed by atoms with E-state index in [2.05, 4.69) is 6.92 Å². The lowest BCUT2D eigenvalue weighted by atomic mass is 10.0. The Morgan fingerprint density at radius 3 is 1.97 bits per heavy atom. The van der Waals surface area contributed by atoms with Crippen LogP contribution in [0.5, 0.6) is 0 Å². The number of ether oxygens (including phenoxy) is 4. The third-order valence-corrected chi connectivity index (χ3v) is 5.56. The first-order valence-electron chi connectivity index (χ1n) is 10.7. The van der Waals surface area contributed by atoms with E-state index >= 15 is 0 Å². The van der Waals surface area contributed by atoms with Crippen LogP contribution in [-0.4, -0.2) is 32.7 Å².